The molecule has 1 N–H and O–H groups in total. The van der Waals surface area contributed by atoms with Crippen LogP contribution in [0.3, 0.4) is 0 Å². The topological polar surface area (TPSA) is 59.1 Å². The van der Waals surface area contributed by atoms with Crippen LogP contribution in [0.2, 0.25) is 0 Å². The van der Waals surface area contributed by atoms with Crippen molar-refractivity contribution in [2.45, 2.75) is 31.5 Å². The second-order valence-electron chi connectivity index (χ2n) is 9.11. The molecule has 3 heterocycles. The van der Waals surface area contributed by atoms with Crippen molar-refractivity contribution in [1.29, 1.82) is 0 Å². The number of rotatable bonds is 6. The lowest BCUT2D eigenvalue weighted by Crippen LogP contribution is -2.50. The van der Waals surface area contributed by atoms with Crippen molar-refractivity contribution in [1.82, 2.24) is 25.1 Å². The maximum atomic E-state index is 13.2. The molecule has 2 amide bonds. The SMILES string of the molecule is O=C1C2CC(c3ccc(F)cc3)NN2C=CN1CCC(=O)N1CCN(Cc2ccccc2)CC1. The van der Waals surface area contributed by atoms with Crippen molar-refractivity contribution in [2.24, 2.45) is 0 Å². The van der Waals surface area contributed by atoms with Gasteiger partial charge in [0, 0.05) is 58.1 Å². The average Bonchev–Trinajstić information content (AvgIpc) is 3.30. The number of halogens is 1. The number of hydrogen-bond donors (Lipinski definition) is 1. The van der Waals surface area contributed by atoms with Crippen molar-refractivity contribution < 1.29 is 14.0 Å². The highest BCUT2D eigenvalue weighted by Crippen LogP contribution is 2.31. The van der Waals surface area contributed by atoms with Crippen LogP contribution in [0.5, 0.6) is 0 Å². The van der Waals surface area contributed by atoms with Crippen LogP contribution in [0, 0.1) is 5.82 Å². The maximum Gasteiger partial charge on any atom is 0.250 e. The third-order valence-electron chi connectivity index (χ3n) is 6.89. The Morgan fingerprint density at radius 2 is 1.71 bits per heavy atom. The fourth-order valence-electron chi connectivity index (χ4n) is 4.90. The first kappa shape index (κ1) is 22.6. The first-order valence-corrected chi connectivity index (χ1v) is 11.9. The van der Waals surface area contributed by atoms with Gasteiger partial charge in [-0.25, -0.2) is 9.82 Å². The van der Waals surface area contributed by atoms with Gasteiger partial charge in [0.15, 0.2) is 0 Å². The fraction of sp³-hybridized carbons (Fsp3) is 0.385. The summed E-state index contributed by atoms with van der Waals surface area (Å²) in [5.41, 5.74) is 5.55. The van der Waals surface area contributed by atoms with E-state index >= 15 is 0 Å². The first-order chi connectivity index (χ1) is 16.6. The molecule has 178 valence electrons. The molecule has 34 heavy (non-hydrogen) atoms. The Bertz CT molecular complexity index is 1040. The number of fused-ring (bicyclic) bond motifs is 1. The molecule has 0 radical (unpaired) electrons. The standard InChI is InChI=1S/C26H30FN5O2/c27-22-8-6-21(7-9-22)23-18-24-26(34)31(16-17-32(24)28-23)11-10-25(33)30-14-12-29(13-15-30)19-20-4-2-1-3-5-20/h1-9,16-17,23-24,28H,10-15,18-19H2. The fourth-order valence-corrected chi connectivity index (χ4v) is 4.90. The van der Waals surface area contributed by atoms with E-state index in [2.05, 4.69) is 34.6 Å². The van der Waals surface area contributed by atoms with Crippen LogP contribution in [0.15, 0.2) is 67.0 Å². The minimum Gasteiger partial charge on any atom is -0.340 e. The van der Waals surface area contributed by atoms with E-state index in [4.69, 9.17) is 0 Å². The van der Waals surface area contributed by atoms with Gasteiger partial charge in [0.2, 0.25) is 5.91 Å². The second-order valence-corrected chi connectivity index (χ2v) is 9.11. The first-order valence-electron chi connectivity index (χ1n) is 11.9. The molecule has 0 spiro atoms. The number of benzene rings is 2. The van der Waals surface area contributed by atoms with Gasteiger partial charge in [-0.15, -0.1) is 0 Å². The maximum absolute atomic E-state index is 13.2. The molecule has 0 aromatic heterocycles. The van der Waals surface area contributed by atoms with Crippen LogP contribution in [-0.2, 0) is 16.1 Å². The molecule has 3 aliphatic rings. The van der Waals surface area contributed by atoms with Gasteiger partial charge < -0.3 is 14.8 Å². The van der Waals surface area contributed by atoms with Crippen LogP contribution in [0.25, 0.3) is 0 Å². The number of carbonyl (C=O) groups is 2. The van der Waals surface area contributed by atoms with Gasteiger partial charge >= 0.3 is 0 Å². The van der Waals surface area contributed by atoms with E-state index < -0.39 is 0 Å². The smallest absolute Gasteiger partial charge is 0.250 e. The van der Waals surface area contributed by atoms with Crippen LogP contribution in [-0.4, -0.2) is 70.3 Å². The summed E-state index contributed by atoms with van der Waals surface area (Å²) in [6, 6.07) is 16.4. The molecule has 0 aliphatic carbocycles. The normalized spacial score (nSPS) is 22.9. The van der Waals surface area contributed by atoms with Crippen molar-refractivity contribution in [3.05, 3.63) is 83.9 Å². The lowest BCUT2D eigenvalue weighted by atomic mass is 10.0. The van der Waals surface area contributed by atoms with Gasteiger partial charge in [0.25, 0.3) is 5.91 Å². The monoisotopic (exact) mass is 463 g/mol. The Morgan fingerprint density at radius 1 is 0.971 bits per heavy atom. The molecule has 2 aromatic rings. The second kappa shape index (κ2) is 9.95. The van der Waals surface area contributed by atoms with Gasteiger partial charge in [-0.05, 0) is 29.7 Å². The predicted octanol–water partition coefficient (Wildman–Crippen LogP) is 2.49. The minimum absolute atomic E-state index is 0.0138. The number of nitrogens with one attached hydrogen (secondary N) is 1. The summed E-state index contributed by atoms with van der Waals surface area (Å²) in [5, 5.41) is 1.82. The minimum atomic E-state index is -0.323. The van der Waals surface area contributed by atoms with Gasteiger partial charge in [-0.1, -0.05) is 42.5 Å². The zero-order valence-corrected chi connectivity index (χ0v) is 19.1. The van der Waals surface area contributed by atoms with Gasteiger partial charge in [0.1, 0.15) is 11.9 Å². The lowest BCUT2D eigenvalue weighted by Gasteiger charge is -2.35. The third-order valence-corrected chi connectivity index (χ3v) is 6.89. The molecular formula is C26H30FN5O2. The number of carbonyl (C=O) groups excluding carboxylic acids is 2. The number of nitrogens with zero attached hydrogens (tertiary/aromatic N) is 4. The zero-order chi connectivity index (χ0) is 23.5. The molecule has 5 rings (SSSR count). The molecule has 2 saturated heterocycles. The van der Waals surface area contributed by atoms with E-state index in [1.165, 1.54) is 17.7 Å². The average molecular weight is 464 g/mol. The molecule has 0 bridgehead atoms. The van der Waals surface area contributed by atoms with Gasteiger partial charge in [-0.2, -0.15) is 0 Å². The Morgan fingerprint density at radius 3 is 2.44 bits per heavy atom. The molecule has 2 unspecified atom stereocenters. The zero-order valence-electron chi connectivity index (χ0n) is 19.1. The van der Waals surface area contributed by atoms with E-state index in [0.29, 0.717) is 19.4 Å². The van der Waals surface area contributed by atoms with E-state index in [1.807, 2.05) is 22.2 Å². The van der Waals surface area contributed by atoms with E-state index in [1.54, 1.807) is 23.2 Å². The van der Waals surface area contributed by atoms with Crippen LogP contribution in [0.4, 0.5) is 4.39 Å². The Hall–Kier alpha value is -3.23. The molecule has 2 atom stereocenters. The van der Waals surface area contributed by atoms with Gasteiger partial charge in [0.05, 0.1) is 6.04 Å². The Labute approximate surface area is 199 Å². The largest absolute Gasteiger partial charge is 0.340 e. The number of amides is 2. The van der Waals surface area contributed by atoms with E-state index in [-0.39, 0.29) is 29.7 Å². The summed E-state index contributed by atoms with van der Waals surface area (Å²) in [5.74, 6) is -0.194. The Balaban J connectivity index is 1.09. The van der Waals surface area contributed by atoms with Crippen LogP contribution in [0.1, 0.15) is 30.0 Å². The summed E-state index contributed by atoms with van der Waals surface area (Å²) in [6.07, 6.45) is 4.51. The van der Waals surface area contributed by atoms with Gasteiger partial charge in [-0.3, -0.25) is 14.5 Å². The molecule has 2 aromatic carbocycles. The van der Waals surface area contributed by atoms with Crippen molar-refractivity contribution in [2.75, 3.05) is 32.7 Å². The predicted molar refractivity (Wildman–Crippen MR) is 126 cm³/mol. The van der Waals surface area contributed by atoms with Crippen molar-refractivity contribution in [3.63, 3.8) is 0 Å². The molecule has 8 heteroatoms. The van der Waals surface area contributed by atoms with E-state index in [0.717, 1.165) is 38.3 Å². The molecular weight excluding hydrogens is 433 g/mol. The van der Waals surface area contributed by atoms with E-state index in [9.17, 15) is 14.0 Å². The third kappa shape index (κ3) is 4.98. The summed E-state index contributed by atoms with van der Waals surface area (Å²) < 4.78 is 13.2. The quantitative estimate of drug-likeness (QED) is 0.714. The number of hydrogen-bond acceptors (Lipinski definition) is 5. The van der Waals surface area contributed by atoms with Crippen molar-refractivity contribution in [3.8, 4) is 0 Å². The number of hydrazine groups is 1. The molecule has 0 saturated carbocycles. The molecule has 2 fully saturated rings. The highest BCUT2D eigenvalue weighted by atomic mass is 19.1. The lowest BCUT2D eigenvalue weighted by molar-refractivity contribution is -0.136. The highest BCUT2D eigenvalue weighted by molar-refractivity contribution is 5.85. The van der Waals surface area contributed by atoms with Crippen molar-refractivity contribution >= 4 is 11.8 Å². The highest BCUT2D eigenvalue weighted by Gasteiger charge is 2.40. The summed E-state index contributed by atoms with van der Waals surface area (Å²) in [4.78, 5) is 31.8. The van der Waals surface area contributed by atoms with Crippen LogP contribution >= 0.6 is 0 Å². The van der Waals surface area contributed by atoms with Crippen LogP contribution < -0.4 is 5.43 Å². The summed E-state index contributed by atoms with van der Waals surface area (Å²) in [7, 11) is 0. The summed E-state index contributed by atoms with van der Waals surface area (Å²) >= 11 is 0. The molecule has 7 nitrogen and oxygen atoms in total. The number of piperazine rings is 1. The summed E-state index contributed by atoms with van der Waals surface area (Å²) in [6.45, 7) is 4.43. The Kier molecular flexibility index (Phi) is 6.60. The molecule has 3 aliphatic heterocycles.